The maximum absolute atomic E-state index is 10.4. The van der Waals surface area contributed by atoms with E-state index in [0.29, 0.717) is 17.7 Å². The minimum absolute atomic E-state index is 0.347. The molecule has 0 bridgehead atoms. The number of aryl methyl sites for hydroxylation is 1. The third-order valence-electron chi connectivity index (χ3n) is 6.25. The molecule has 0 spiro atoms. The number of hydrogen-bond acceptors (Lipinski definition) is 3. The number of fused-ring (bicyclic) bond motifs is 1. The van der Waals surface area contributed by atoms with Gasteiger partial charge in [0.15, 0.2) is 5.96 Å². The van der Waals surface area contributed by atoms with Crippen molar-refractivity contribution in [2.24, 2.45) is 10.4 Å². The van der Waals surface area contributed by atoms with E-state index < -0.39 is 0 Å². The number of benzene rings is 1. The molecule has 150 valence electrons. The maximum atomic E-state index is 10.4. The first-order valence-electron chi connectivity index (χ1n) is 10.5. The predicted octanol–water partition coefficient (Wildman–Crippen LogP) is 3.53. The number of phenols is 1. The standard InChI is InChI=1S/C22H35N3O2/c1-3-23-21(25-16-22(11-6-12-22)13-14-27-2)24-15-19-18-8-5-4-7-17(18)9-10-20(19)26/h9-10,26H,3-8,11-16H2,1-2H3,(H2,23,24,25). The highest BCUT2D eigenvalue weighted by atomic mass is 16.5. The van der Waals surface area contributed by atoms with Crippen LogP contribution in [0.1, 0.15) is 62.1 Å². The van der Waals surface area contributed by atoms with Crippen molar-refractivity contribution < 1.29 is 9.84 Å². The van der Waals surface area contributed by atoms with Gasteiger partial charge in [-0.05, 0) is 74.5 Å². The summed E-state index contributed by atoms with van der Waals surface area (Å²) in [6.45, 7) is 5.19. The van der Waals surface area contributed by atoms with E-state index in [0.717, 1.165) is 50.5 Å². The summed E-state index contributed by atoms with van der Waals surface area (Å²) in [4.78, 5) is 4.80. The number of phenolic OH excluding ortho intramolecular Hbond substituents is 1. The number of rotatable bonds is 8. The first-order chi connectivity index (χ1) is 13.2. The number of guanidine groups is 1. The molecule has 0 aliphatic heterocycles. The van der Waals surface area contributed by atoms with E-state index in [-0.39, 0.29) is 0 Å². The van der Waals surface area contributed by atoms with Crippen molar-refractivity contribution in [3.63, 3.8) is 0 Å². The Labute approximate surface area is 163 Å². The lowest BCUT2D eigenvalue weighted by atomic mass is 9.67. The molecule has 0 radical (unpaired) electrons. The Hall–Kier alpha value is -1.75. The first kappa shape index (κ1) is 20.0. The van der Waals surface area contributed by atoms with Crippen LogP contribution in [0.4, 0.5) is 0 Å². The number of ether oxygens (including phenoxy) is 1. The summed E-state index contributed by atoms with van der Waals surface area (Å²) in [6.07, 6.45) is 9.55. The van der Waals surface area contributed by atoms with E-state index in [1.807, 2.05) is 6.07 Å². The van der Waals surface area contributed by atoms with Gasteiger partial charge in [-0.1, -0.05) is 12.5 Å². The van der Waals surface area contributed by atoms with Gasteiger partial charge in [0.05, 0.1) is 6.54 Å². The molecule has 0 amide bonds. The van der Waals surface area contributed by atoms with Gasteiger partial charge in [0, 0.05) is 32.4 Å². The van der Waals surface area contributed by atoms with Crippen LogP contribution in [0.3, 0.4) is 0 Å². The maximum Gasteiger partial charge on any atom is 0.191 e. The lowest BCUT2D eigenvalue weighted by Gasteiger charge is -2.42. The van der Waals surface area contributed by atoms with Gasteiger partial charge in [-0.2, -0.15) is 0 Å². The average Bonchev–Trinajstić information content (AvgIpc) is 2.66. The van der Waals surface area contributed by atoms with E-state index in [1.165, 1.54) is 43.2 Å². The fourth-order valence-electron chi connectivity index (χ4n) is 4.35. The van der Waals surface area contributed by atoms with Crippen LogP contribution in [0.5, 0.6) is 5.75 Å². The molecule has 3 rings (SSSR count). The number of aromatic hydroxyl groups is 1. The molecule has 1 fully saturated rings. The summed E-state index contributed by atoms with van der Waals surface area (Å²) < 4.78 is 5.30. The van der Waals surface area contributed by atoms with Crippen LogP contribution in [0.15, 0.2) is 17.1 Å². The minimum atomic E-state index is 0.347. The molecule has 1 aromatic rings. The van der Waals surface area contributed by atoms with Crippen LogP contribution in [0.2, 0.25) is 0 Å². The molecule has 2 aliphatic rings. The smallest absolute Gasteiger partial charge is 0.191 e. The molecule has 2 aliphatic carbocycles. The molecule has 3 N–H and O–H groups in total. The zero-order valence-electron chi connectivity index (χ0n) is 16.9. The van der Waals surface area contributed by atoms with E-state index in [9.17, 15) is 5.11 Å². The Kier molecular flexibility index (Phi) is 7.00. The molecule has 0 unspecified atom stereocenters. The summed E-state index contributed by atoms with van der Waals surface area (Å²) in [7, 11) is 1.78. The van der Waals surface area contributed by atoms with Gasteiger partial charge in [0.2, 0.25) is 0 Å². The molecule has 1 aromatic carbocycles. The van der Waals surface area contributed by atoms with Gasteiger partial charge >= 0.3 is 0 Å². The molecule has 0 atom stereocenters. The van der Waals surface area contributed by atoms with Crippen molar-refractivity contribution in [3.05, 3.63) is 28.8 Å². The third-order valence-corrected chi connectivity index (χ3v) is 6.25. The Bertz CT molecular complexity index is 653. The largest absolute Gasteiger partial charge is 0.508 e. The van der Waals surface area contributed by atoms with Crippen LogP contribution in [-0.4, -0.2) is 37.9 Å². The quantitative estimate of drug-likeness (QED) is 0.482. The third kappa shape index (κ3) is 4.95. The highest BCUT2D eigenvalue weighted by Crippen LogP contribution is 2.43. The fraction of sp³-hybridized carbons (Fsp3) is 0.682. The minimum Gasteiger partial charge on any atom is -0.508 e. The molecule has 5 heteroatoms. The predicted molar refractivity (Wildman–Crippen MR) is 110 cm³/mol. The van der Waals surface area contributed by atoms with Crippen LogP contribution in [-0.2, 0) is 24.1 Å². The van der Waals surface area contributed by atoms with Crippen molar-refractivity contribution in [2.45, 2.75) is 64.8 Å². The van der Waals surface area contributed by atoms with Crippen LogP contribution >= 0.6 is 0 Å². The summed E-state index contributed by atoms with van der Waals surface area (Å²) in [5.74, 6) is 1.22. The van der Waals surface area contributed by atoms with E-state index in [4.69, 9.17) is 9.73 Å². The molecule has 0 heterocycles. The van der Waals surface area contributed by atoms with E-state index in [2.05, 4.69) is 23.6 Å². The molecule has 0 aromatic heterocycles. The van der Waals surface area contributed by atoms with E-state index in [1.54, 1.807) is 7.11 Å². The van der Waals surface area contributed by atoms with Crippen LogP contribution < -0.4 is 10.6 Å². The fourth-order valence-corrected chi connectivity index (χ4v) is 4.35. The highest BCUT2D eigenvalue weighted by Gasteiger charge is 2.36. The number of nitrogens with zero attached hydrogens (tertiary/aromatic N) is 1. The van der Waals surface area contributed by atoms with Gasteiger partial charge in [-0.15, -0.1) is 0 Å². The zero-order chi connectivity index (χ0) is 19.1. The Morgan fingerprint density at radius 3 is 2.70 bits per heavy atom. The first-order valence-corrected chi connectivity index (χ1v) is 10.5. The van der Waals surface area contributed by atoms with Crippen molar-refractivity contribution in [1.82, 2.24) is 10.6 Å². The SMILES string of the molecule is CCNC(=NCc1c(O)ccc2c1CCCC2)NCC1(CCOC)CCC1. The number of nitrogens with one attached hydrogen (secondary N) is 2. The number of aliphatic imine (C=N–C) groups is 1. The lowest BCUT2D eigenvalue weighted by molar-refractivity contribution is 0.0732. The van der Waals surface area contributed by atoms with Gasteiger partial charge in [0.1, 0.15) is 5.75 Å². The number of hydrogen-bond donors (Lipinski definition) is 3. The second kappa shape index (κ2) is 9.45. The van der Waals surface area contributed by atoms with Crippen molar-refractivity contribution in [1.29, 1.82) is 0 Å². The molecular formula is C22H35N3O2. The zero-order valence-corrected chi connectivity index (χ0v) is 16.9. The van der Waals surface area contributed by atoms with Crippen molar-refractivity contribution in [3.8, 4) is 5.75 Å². The molecule has 5 nitrogen and oxygen atoms in total. The Morgan fingerprint density at radius 2 is 2.00 bits per heavy atom. The molecular weight excluding hydrogens is 338 g/mol. The Morgan fingerprint density at radius 1 is 1.19 bits per heavy atom. The molecule has 27 heavy (non-hydrogen) atoms. The summed E-state index contributed by atoms with van der Waals surface area (Å²) >= 11 is 0. The summed E-state index contributed by atoms with van der Waals surface area (Å²) in [5, 5.41) is 17.3. The monoisotopic (exact) mass is 373 g/mol. The Balaban J connectivity index is 1.67. The normalized spacial score (nSPS) is 18.5. The molecule has 0 saturated heterocycles. The van der Waals surface area contributed by atoms with Gasteiger partial charge < -0.3 is 20.5 Å². The lowest BCUT2D eigenvalue weighted by Crippen LogP contribution is -2.47. The van der Waals surface area contributed by atoms with Crippen molar-refractivity contribution in [2.75, 3.05) is 26.8 Å². The second-order valence-corrected chi connectivity index (χ2v) is 8.05. The van der Waals surface area contributed by atoms with Crippen LogP contribution in [0.25, 0.3) is 0 Å². The highest BCUT2D eigenvalue weighted by molar-refractivity contribution is 5.79. The summed E-state index contributed by atoms with van der Waals surface area (Å²) in [5.41, 5.74) is 4.05. The topological polar surface area (TPSA) is 65.9 Å². The number of methoxy groups -OCH3 is 1. The van der Waals surface area contributed by atoms with E-state index >= 15 is 0 Å². The van der Waals surface area contributed by atoms with Crippen molar-refractivity contribution >= 4 is 5.96 Å². The molecule has 1 saturated carbocycles. The van der Waals surface area contributed by atoms with Crippen LogP contribution in [0, 0.1) is 5.41 Å². The summed E-state index contributed by atoms with van der Waals surface area (Å²) in [6, 6.07) is 3.92. The average molecular weight is 374 g/mol. The van der Waals surface area contributed by atoms with Gasteiger partial charge in [-0.3, -0.25) is 0 Å². The van der Waals surface area contributed by atoms with Gasteiger partial charge in [-0.25, -0.2) is 4.99 Å². The second-order valence-electron chi connectivity index (χ2n) is 8.05. The van der Waals surface area contributed by atoms with Gasteiger partial charge in [0.25, 0.3) is 0 Å².